The number of amides is 1. The Labute approximate surface area is 154 Å². The van der Waals surface area contributed by atoms with E-state index < -0.39 is 6.10 Å². The third-order valence-corrected chi connectivity index (χ3v) is 4.86. The number of hydrogen-bond acceptors (Lipinski definition) is 3. The Bertz CT molecular complexity index is 920. The monoisotopic (exact) mass is 402 g/mol. The summed E-state index contributed by atoms with van der Waals surface area (Å²) in [5.41, 5.74) is 2.33. The predicted molar refractivity (Wildman–Crippen MR) is 101 cm³/mol. The van der Waals surface area contributed by atoms with E-state index in [1.54, 1.807) is 25.3 Å². The number of rotatable bonds is 5. The van der Waals surface area contributed by atoms with Gasteiger partial charge in [-0.3, -0.25) is 4.79 Å². The first-order valence-corrected chi connectivity index (χ1v) is 8.63. The van der Waals surface area contributed by atoms with Crippen molar-refractivity contribution in [2.45, 2.75) is 6.10 Å². The molecule has 0 saturated carbocycles. The van der Waals surface area contributed by atoms with Gasteiger partial charge in [-0.1, -0.05) is 6.07 Å². The molecule has 0 radical (unpaired) electrons. The second-order valence-electron chi connectivity index (χ2n) is 5.82. The summed E-state index contributed by atoms with van der Waals surface area (Å²) < 4.78 is 7.84. The van der Waals surface area contributed by atoms with Crippen LogP contribution in [-0.2, 0) is 7.05 Å². The van der Waals surface area contributed by atoms with E-state index in [1.807, 2.05) is 42.1 Å². The van der Waals surface area contributed by atoms with Gasteiger partial charge in [0.1, 0.15) is 5.75 Å². The Morgan fingerprint density at radius 1 is 1.28 bits per heavy atom. The number of methoxy groups -OCH3 is 1. The van der Waals surface area contributed by atoms with Crippen molar-refractivity contribution in [1.29, 1.82) is 0 Å². The van der Waals surface area contributed by atoms with Gasteiger partial charge in [-0.05, 0) is 63.3 Å². The van der Waals surface area contributed by atoms with Gasteiger partial charge in [0.05, 0.1) is 18.8 Å². The number of hydrogen-bond donors (Lipinski definition) is 2. The minimum Gasteiger partial charge on any atom is -0.497 e. The van der Waals surface area contributed by atoms with Crippen LogP contribution in [0.5, 0.6) is 5.75 Å². The first kappa shape index (κ1) is 17.5. The van der Waals surface area contributed by atoms with Gasteiger partial charge in [0.2, 0.25) is 0 Å². The van der Waals surface area contributed by atoms with E-state index in [9.17, 15) is 9.90 Å². The normalized spacial score (nSPS) is 12.2. The lowest BCUT2D eigenvalue weighted by Crippen LogP contribution is -2.28. The Hall–Kier alpha value is -2.31. The molecule has 0 aliphatic carbocycles. The Morgan fingerprint density at radius 2 is 2.08 bits per heavy atom. The average molecular weight is 403 g/mol. The Balaban J connectivity index is 1.70. The van der Waals surface area contributed by atoms with Crippen LogP contribution in [0.1, 0.15) is 22.0 Å². The summed E-state index contributed by atoms with van der Waals surface area (Å²) >= 11 is 3.36. The molecule has 1 amide bonds. The molecule has 5 nitrogen and oxygen atoms in total. The third-order valence-electron chi connectivity index (χ3n) is 4.17. The maximum atomic E-state index is 12.4. The summed E-state index contributed by atoms with van der Waals surface area (Å²) in [6, 6.07) is 13.0. The standard InChI is InChI=1S/C19H19BrN2O3/c1-22-8-7-12-9-13(3-6-17(12)22)18(23)11-21-19(24)15-10-14(25-2)4-5-16(15)20/h3-10,18,23H,11H2,1-2H3,(H,21,24)/t18-/m1/s1. The van der Waals surface area contributed by atoms with Crippen molar-refractivity contribution in [2.24, 2.45) is 7.05 Å². The molecule has 1 heterocycles. The molecule has 0 fully saturated rings. The molecule has 1 atom stereocenters. The lowest BCUT2D eigenvalue weighted by Gasteiger charge is -2.14. The number of aryl methyl sites for hydroxylation is 1. The van der Waals surface area contributed by atoms with Crippen molar-refractivity contribution in [3.05, 3.63) is 64.3 Å². The van der Waals surface area contributed by atoms with Crippen molar-refractivity contribution in [3.8, 4) is 5.75 Å². The van der Waals surface area contributed by atoms with E-state index in [1.165, 1.54) is 0 Å². The molecular formula is C19H19BrN2O3. The van der Waals surface area contributed by atoms with Gasteiger partial charge in [-0.2, -0.15) is 0 Å². The number of nitrogens with zero attached hydrogens (tertiary/aromatic N) is 1. The molecule has 0 aliphatic heterocycles. The molecule has 3 rings (SSSR count). The van der Waals surface area contributed by atoms with E-state index >= 15 is 0 Å². The summed E-state index contributed by atoms with van der Waals surface area (Å²) in [5.74, 6) is 0.328. The van der Waals surface area contributed by atoms with Gasteiger partial charge in [-0.25, -0.2) is 0 Å². The van der Waals surface area contributed by atoms with Gasteiger partial charge in [0, 0.05) is 29.8 Å². The molecule has 1 aromatic heterocycles. The highest BCUT2D eigenvalue weighted by atomic mass is 79.9. The van der Waals surface area contributed by atoms with Crippen LogP contribution in [0.2, 0.25) is 0 Å². The largest absolute Gasteiger partial charge is 0.497 e. The van der Waals surface area contributed by atoms with Crippen molar-refractivity contribution in [3.63, 3.8) is 0 Å². The number of aliphatic hydroxyl groups is 1. The molecule has 6 heteroatoms. The van der Waals surface area contributed by atoms with Crippen LogP contribution in [-0.4, -0.2) is 29.2 Å². The van der Waals surface area contributed by atoms with E-state index in [0.717, 1.165) is 16.5 Å². The van der Waals surface area contributed by atoms with Crippen LogP contribution in [0, 0.1) is 0 Å². The molecule has 25 heavy (non-hydrogen) atoms. The molecule has 2 aromatic carbocycles. The summed E-state index contributed by atoms with van der Waals surface area (Å²) in [5, 5.41) is 14.2. The second kappa shape index (κ2) is 7.29. The van der Waals surface area contributed by atoms with E-state index in [0.29, 0.717) is 15.8 Å². The number of aromatic nitrogens is 1. The molecular weight excluding hydrogens is 384 g/mol. The van der Waals surface area contributed by atoms with E-state index in [4.69, 9.17) is 4.74 Å². The lowest BCUT2D eigenvalue weighted by atomic mass is 10.1. The van der Waals surface area contributed by atoms with Crippen LogP contribution in [0.25, 0.3) is 10.9 Å². The molecule has 2 N–H and O–H groups in total. The number of halogens is 1. The maximum absolute atomic E-state index is 12.4. The molecule has 130 valence electrons. The number of ether oxygens (including phenoxy) is 1. The van der Waals surface area contributed by atoms with Crippen LogP contribution >= 0.6 is 15.9 Å². The zero-order valence-corrected chi connectivity index (χ0v) is 15.6. The maximum Gasteiger partial charge on any atom is 0.252 e. The average Bonchev–Trinajstić information content (AvgIpc) is 3.00. The van der Waals surface area contributed by atoms with Crippen LogP contribution in [0.4, 0.5) is 0 Å². The highest BCUT2D eigenvalue weighted by molar-refractivity contribution is 9.10. The molecule has 0 aliphatic rings. The van der Waals surface area contributed by atoms with Crippen molar-refractivity contribution in [2.75, 3.05) is 13.7 Å². The first-order chi connectivity index (χ1) is 12.0. The van der Waals surface area contributed by atoms with Gasteiger partial charge in [0.15, 0.2) is 0 Å². The zero-order valence-electron chi connectivity index (χ0n) is 14.0. The second-order valence-corrected chi connectivity index (χ2v) is 6.67. The van der Waals surface area contributed by atoms with Crippen molar-refractivity contribution >= 4 is 32.7 Å². The number of nitrogens with one attached hydrogen (secondary N) is 1. The van der Waals surface area contributed by atoms with Crippen LogP contribution in [0.15, 0.2) is 53.1 Å². The van der Waals surface area contributed by atoms with E-state index in [2.05, 4.69) is 21.2 Å². The highest BCUT2D eigenvalue weighted by Crippen LogP contribution is 2.23. The molecule has 0 bridgehead atoms. The van der Waals surface area contributed by atoms with Crippen LogP contribution < -0.4 is 10.1 Å². The minimum absolute atomic E-state index is 0.126. The number of carbonyl (C=O) groups excluding carboxylic acids is 1. The Kier molecular flexibility index (Phi) is 5.11. The minimum atomic E-state index is -0.780. The molecule has 0 spiro atoms. The molecule has 0 saturated heterocycles. The lowest BCUT2D eigenvalue weighted by molar-refractivity contribution is 0.0915. The summed E-state index contributed by atoms with van der Waals surface area (Å²) in [6.45, 7) is 0.126. The van der Waals surface area contributed by atoms with Gasteiger partial charge >= 0.3 is 0 Å². The van der Waals surface area contributed by atoms with Gasteiger partial charge in [-0.15, -0.1) is 0 Å². The molecule has 3 aromatic rings. The van der Waals surface area contributed by atoms with Crippen molar-refractivity contribution in [1.82, 2.24) is 9.88 Å². The number of fused-ring (bicyclic) bond motifs is 1. The van der Waals surface area contributed by atoms with Gasteiger partial charge in [0.25, 0.3) is 5.91 Å². The summed E-state index contributed by atoms with van der Waals surface area (Å²) in [6.07, 6.45) is 1.20. The Morgan fingerprint density at radius 3 is 2.84 bits per heavy atom. The van der Waals surface area contributed by atoms with Crippen molar-refractivity contribution < 1.29 is 14.6 Å². The van der Waals surface area contributed by atoms with Gasteiger partial charge < -0.3 is 19.7 Å². The van der Waals surface area contributed by atoms with E-state index in [-0.39, 0.29) is 12.5 Å². The quantitative estimate of drug-likeness (QED) is 0.687. The zero-order chi connectivity index (χ0) is 18.0. The third kappa shape index (κ3) is 3.70. The fraction of sp³-hybridized carbons (Fsp3) is 0.211. The SMILES string of the molecule is COc1ccc(Br)c(C(=O)NC[C@@H](O)c2ccc3c(ccn3C)c2)c1. The topological polar surface area (TPSA) is 63.5 Å². The summed E-state index contributed by atoms with van der Waals surface area (Å²) in [7, 11) is 3.53. The smallest absolute Gasteiger partial charge is 0.252 e. The molecule has 0 unspecified atom stereocenters. The van der Waals surface area contributed by atoms with Crippen LogP contribution in [0.3, 0.4) is 0 Å². The number of benzene rings is 2. The first-order valence-electron chi connectivity index (χ1n) is 7.84. The number of aliphatic hydroxyl groups excluding tert-OH is 1. The highest BCUT2D eigenvalue weighted by Gasteiger charge is 2.14. The number of carbonyl (C=O) groups is 1. The fourth-order valence-corrected chi connectivity index (χ4v) is 3.14. The predicted octanol–water partition coefficient (Wildman–Crippen LogP) is 3.41. The summed E-state index contributed by atoms with van der Waals surface area (Å²) in [4.78, 5) is 12.4. The fourth-order valence-electron chi connectivity index (χ4n) is 2.72.